The molecule has 2 aromatic heterocycles. The molecule has 0 spiro atoms. The number of hydrogen-bond donors (Lipinski definition) is 1. The number of aliphatic hydroxyl groups excluding tert-OH is 1. The van der Waals surface area contributed by atoms with Gasteiger partial charge in [0.25, 0.3) is 5.91 Å². The molecule has 4 aromatic rings. The summed E-state index contributed by atoms with van der Waals surface area (Å²) in [5.41, 5.74) is 3.36. The van der Waals surface area contributed by atoms with E-state index in [1.54, 1.807) is 23.4 Å². The van der Waals surface area contributed by atoms with Crippen molar-refractivity contribution in [2.24, 2.45) is 0 Å². The molecule has 0 radical (unpaired) electrons. The molecule has 7 heteroatoms. The Morgan fingerprint density at radius 2 is 1.97 bits per heavy atom. The number of pyridine rings is 1. The summed E-state index contributed by atoms with van der Waals surface area (Å²) in [7, 11) is 0. The van der Waals surface area contributed by atoms with E-state index in [0.717, 1.165) is 33.6 Å². The summed E-state index contributed by atoms with van der Waals surface area (Å²) in [6.45, 7) is 4.67. The molecule has 1 amide bonds. The summed E-state index contributed by atoms with van der Waals surface area (Å²) in [5.74, 6) is 0.614. The summed E-state index contributed by atoms with van der Waals surface area (Å²) in [5, 5.41) is 17.2. The van der Waals surface area contributed by atoms with Gasteiger partial charge < -0.3 is 14.7 Å². The van der Waals surface area contributed by atoms with Crippen LogP contribution in [0.3, 0.4) is 0 Å². The number of β-amino-alcohol motifs (C(OH)–C–C–N with tert-alkyl or cyclic N) is 1. The second kappa shape index (κ2) is 8.67. The lowest BCUT2D eigenvalue weighted by atomic mass is 10.0. The Morgan fingerprint density at radius 3 is 2.76 bits per heavy atom. The van der Waals surface area contributed by atoms with E-state index in [9.17, 15) is 9.90 Å². The van der Waals surface area contributed by atoms with Crippen molar-refractivity contribution in [3.05, 3.63) is 83.9 Å². The lowest BCUT2D eigenvalue weighted by Gasteiger charge is -2.36. The van der Waals surface area contributed by atoms with Gasteiger partial charge in [-0.05, 0) is 50.2 Å². The highest BCUT2D eigenvalue weighted by Crippen LogP contribution is 2.28. The van der Waals surface area contributed by atoms with Crippen LogP contribution in [-0.2, 0) is 0 Å². The van der Waals surface area contributed by atoms with Gasteiger partial charge in [0.1, 0.15) is 18.0 Å². The average Bonchev–Trinajstić information content (AvgIpc) is 3.18. The molecular formula is C26H26N4O3. The van der Waals surface area contributed by atoms with Gasteiger partial charge in [-0.25, -0.2) is 4.68 Å². The number of hydrogen-bond acceptors (Lipinski definition) is 5. The predicted molar refractivity (Wildman–Crippen MR) is 126 cm³/mol. The molecule has 5 rings (SSSR count). The van der Waals surface area contributed by atoms with Crippen LogP contribution in [0.1, 0.15) is 28.2 Å². The summed E-state index contributed by atoms with van der Waals surface area (Å²) >= 11 is 0. The van der Waals surface area contributed by atoms with Crippen LogP contribution in [0.5, 0.6) is 5.75 Å². The number of likely N-dealkylation sites (tertiary alicyclic amines) is 1. The molecule has 2 aromatic carbocycles. The molecule has 1 saturated heterocycles. The average molecular weight is 443 g/mol. The van der Waals surface area contributed by atoms with Gasteiger partial charge in [0.05, 0.1) is 17.9 Å². The fourth-order valence-corrected chi connectivity index (χ4v) is 4.43. The van der Waals surface area contributed by atoms with Crippen LogP contribution in [0.4, 0.5) is 0 Å². The number of ether oxygens (including phenoxy) is 1. The van der Waals surface area contributed by atoms with Crippen molar-refractivity contribution in [1.29, 1.82) is 0 Å². The molecule has 1 aliphatic rings. The Balaban J connectivity index is 1.30. The number of amides is 1. The molecule has 0 bridgehead atoms. The fraction of sp³-hybridized carbons (Fsp3) is 0.269. The summed E-state index contributed by atoms with van der Waals surface area (Å²) in [4.78, 5) is 19.0. The SMILES string of the molecule is Cc1cc(C)n(-c2cccc(C(=O)N3CC[C@@H](Oc4cccc5cnccc45)[C@H](O)C3)c2)n1. The third kappa shape index (κ3) is 4.19. The Labute approximate surface area is 192 Å². The predicted octanol–water partition coefficient (Wildman–Crippen LogP) is 3.69. The summed E-state index contributed by atoms with van der Waals surface area (Å²) < 4.78 is 8.01. The van der Waals surface area contributed by atoms with Crippen LogP contribution in [0.25, 0.3) is 16.5 Å². The first kappa shape index (κ1) is 21.2. The molecule has 1 N–H and O–H groups in total. The fourth-order valence-electron chi connectivity index (χ4n) is 4.43. The van der Waals surface area contributed by atoms with Gasteiger partial charge >= 0.3 is 0 Å². The van der Waals surface area contributed by atoms with Crippen molar-refractivity contribution in [3.8, 4) is 11.4 Å². The smallest absolute Gasteiger partial charge is 0.254 e. The Kier molecular flexibility index (Phi) is 5.56. The molecule has 3 heterocycles. The molecule has 0 aliphatic carbocycles. The van der Waals surface area contributed by atoms with Crippen molar-refractivity contribution >= 4 is 16.7 Å². The van der Waals surface area contributed by atoms with E-state index < -0.39 is 6.10 Å². The van der Waals surface area contributed by atoms with Crippen molar-refractivity contribution in [2.75, 3.05) is 13.1 Å². The number of rotatable bonds is 4. The molecule has 1 fully saturated rings. The zero-order valence-corrected chi connectivity index (χ0v) is 18.7. The molecule has 1 aliphatic heterocycles. The molecule has 0 saturated carbocycles. The van der Waals surface area contributed by atoms with Gasteiger partial charge in [0.2, 0.25) is 0 Å². The highest BCUT2D eigenvalue weighted by molar-refractivity contribution is 5.95. The van der Waals surface area contributed by atoms with E-state index in [4.69, 9.17) is 4.74 Å². The normalized spacial score (nSPS) is 18.5. The maximum atomic E-state index is 13.2. The third-order valence-corrected chi connectivity index (χ3v) is 6.07. The van der Waals surface area contributed by atoms with Gasteiger partial charge in [-0.1, -0.05) is 18.2 Å². The van der Waals surface area contributed by atoms with E-state index in [1.165, 1.54) is 0 Å². The van der Waals surface area contributed by atoms with Crippen molar-refractivity contribution < 1.29 is 14.6 Å². The highest BCUT2D eigenvalue weighted by Gasteiger charge is 2.32. The minimum absolute atomic E-state index is 0.105. The monoisotopic (exact) mass is 442 g/mol. The van der Waals surface area contributed by atoms with Crippen LogP contribution in [0.2, 0.25) is 0 Å². The first-order valence-electron chi connectivity index (χ1n) is 11.1. The van der Waals surface area contributed by atoms with Crippen molar-refractivity contribution in [1.82, 2.24) is 19.7 Å². The van der Waals surface area contributed by atoms with Crippen LogP contribution < -0.4 is 4.74 Å². The lowest BCUT2D eigenvalue weighted by Crippen LogP contribution is -2.51. The standard InChI is InChI=1S/C26H26N4O3/c1-17-13-18(2)30(28-17)21-7-3-5-19(14-21)26(32)29-12-10-25(23(31)16-29)33-24-8-4-6-20-15-27-11-9-22(20)24/h3-9,11,13-15,23,25,31H,10,12,16H2,1-2H3/t23-,25-/m1/s1. The highest BCUT2D eigenvalue weighted by atomic mass is 16.5. The second-order valence-electron chi connectivity index (χ2n) is 8.51. The van der Waals surface area contributed by atoms with E-state index in [1.807, 2.05) is 67.1 Å². The number of benzene rings is 2. The van der Waals surface area contributed by atoms with Crippen LogP contribution >= 0.6 is 0 Å². The number of nitrogens with zero attached hydrogens (tertiary/aromatic N) is 4. The van der Waals surface area contributed by atoms with Crippen LogP contribution in [-0.4, -0.2) is 56.0 Å². The van der Waals surface area contributed by atoms with Gasteiger partial charge in [-0.15, -0.1) is 0 Å². The quantitative estimate of drug-likeness (QED) is 0.521. The van der Waals surface area contributed by atoms with Crippen molar-refractivity contribution in [2.45, 2.75) is 32.5 Å². The lowest BCUT2D eigenvalue weighted by molar-refractivity contribution is -0.0193. The van der Waals surface area contributed by atoms with E-state index in [0.29, 0.717) is 18.5 Å². The Bertz CT molecular complexity index is 1310. The largest absolute Gasteiger partial charge is 0.487 e. The number of piperidine rings is 1. The Morgan fingerprint density at radius 1 is 1.12 bits per heavy atom. The Hall–Kier alpha value is -3.71. The van der Waals surface area contributed by atoms with Gasteiger partial charge in [-0.3, -0.25) is 9.78 Å². The second-order valence-corrected chi connectivity index (χ2v) is 8.51. The van der Waals surface area contributed by atoms with Gasteiger partial charge in [-0.2, -0.15) is 5.10 Å². The molecule has 2 atom stereocenters. The number of aryl methyl sites for hydroxylation is 2. The maximum Gasteiger partial charge on any atom is 0.254 e. The molecule has 33 heavy (non-hydrogen) atoms. The number of carbonyl (C=O) groups is 1. The maximum absolute atomic E-state index is 13.2. The van der Waals surface area contributed by atoms with Crippen molar-refractivity contribution in [3.63, 3.8) is 0 Å². The molecular weight excluding hydrogens is 416 g/mol. The van der Waals surface area contributed by atoms with Gasteiger partial charge in [0, 0.05) is 47.4 Å². The number of aromatic nitrogens is 3. The minimum Gasteiger partial charge on any atom is -0.487 e. The van der Waals surface area contributed by atoms with E-state index in [2.05, 4.69) is 10.1 Å². The number of fused-ring (bicyclic) bond motifs is 1. The summed E-state index contributed by atoms with van der Waals surface area (Å²) in [6, 6.07) is 17.2. The minimum atomic E-state index is -0.779. The zero-order valence-electron chi connectivity index (χ0n) is 18.7. The molecule has 0 unspecified atom stereocenters. The topological polar surface area (TPSA) is 80.5 Å². The molecule has 168 valence electrons. The van der Waals surface area contributed by atoms with E-state index >= 15 is 0 Å². The summed E-state index contributed by atoms with van der Waals surface area (Å²) in [6.07, 6.45) is 2.91. The third-order valence-electron chi connectivity index (χ3n) is 6.07. The van der Waals surface area contributed by atoms with E-state index in [-0.39, 0.29) is 18.6 Å². The zero-order chi connectivity index (χ0) is 22.9. The first-order valence-corrected chi connectivity index (χ1v) is 11.1. The number of carbonyl (C=O) groups excluding carboxylic acids is 1. The van der Waals surface area contributed by atoms with Crippen LogP contribution in [0.15, 0.2) is 67.0 Å². The number of aliphatic hydroxyl groups is 1. The molecule has 7 nitrogen and oxygen atoms in total. The van der Waals surface area contributed by atoms with Crippen LogP contribution in [0, 0.1) is 13.8 Å². The first-order chi connectivity index (χ1) is 16.0. The van der Waals surface area contributed by atoms with Gasteiger partial charge in [0.15, 0.2) is 0 Å².